The van der Waals surface area contributed by atoms with E-state index in [0.29, 0.717) is 6.42 Å². The Kier molecular flexibility index (Phi) is 6.04. The zero-order chi connectivity index (χ0) is 22.0. The van der Waals surface area contributed by atoms with Gasteiger partial charge >= 0.3 is 0 Å². The summed E-state index contributed by atoms with van der Waals surface area (Å²) in [7, 11) is 1.99. The first-order valence-electron chi connectivity index (χ1n) is 10.8. The SMILES string of the molecule is CCN1CCN(C(=O)C[C@@H](c2cccc([N+](=O)[O-])c2)c2cn(C)c3ccccc23)CC1. The first kappa shape index (κ1) is 21.1. The van der Waals surface area contributed by atoms with E-state index in [1.165, 1.54) is 6.07 Å². The lowest BCUT2D eigenvalue weighted by atomic mass is 9.87. The lowest BCUT2D eigenvalue weighted by Crippen LogP contribution is -2.48. The van der Waals surface area contributed by atoms with Crippen LogP contribution < -0.4 is 0 Å². The molecule has 1 saturated heterocycles. The molecular formula is C24H28N4O3. The molecule has 3 aromatic rings. The number of piperazine rings is 1. The van der Waals surface area contributed by atoms with E-state index in [2.05, 4.69) is 34.7 Å². The maximum atomic E-state index is 13.3. The van der Waals surface area contributed by atoms with Crippen molar-refractivity contribution in [2.24, 2.45) is 7.05 Å². The fraction of sp³-hybridized carbons (Fsp3) is 0.375. The Bertz CT molecular complexity index is 1100. The van der Waals surface area contributed by atoms with Crippen molar-refractivity contribution in [3.05, 3.63) is 76.0 Å². The van der Waals surface area contributed by atoms with Gasteiger partial charge in [0, 0.05) is 74.8 Å². The molecule has 1 aliphatic heterocycles. The lowest BCUT2D eigenvalue weighted by molar-refractivity contribution is -0.384. The van der Waals surface area contributed by atoms with Crippen LogP contribution in [0.25, 0.3) is 10.9 Å². The molecule has 1 amide bonds. The Morgan fingerprint density at radius 1 is 1.10 bits per heavy atom. The Morgan fingerprint density at radius 3 is 2.55 bits per heavy atom. The fourth-order valence-corrected chi connectivity index (χ4v) is 4.53. The second-order valence-electron chi connectivity index (χ2n) is 8.14. The van der Waals surface area contributed by atoms with Gasteiger partial charge in [-0.25, -0.2) is 0 Å². The van der Waals surface area contributed by atoms with E-state index in [9.17, 15) is 14.9 Å². The minimum Gasteiger partial charge on any atom is -0.350 e. The summed E-state index contributed by atoms with van der Waals surface area (Å²) in [6, 6.07) is 14.8. The molecule has 0 spiro atoms. The van der Waals surface area contributed by atoms with Gasteiger partial charge in [-0.2, -0.15) is 0 Å². The Hall–Kier alpha value is -3.19. The van der Waals surface area contributed by atoms with E-state index in [-0.39, 0.29) is 22.4 Å². The van der Waals surface area contributed by atoms with Gasteiger partial charge in [0.15, 0.2) is 0 Å². The van der Waals surface area contributed by atoms with Crippen molar-refractivity contribution in [2.75, 3.05) is 32.7 Å². The van der Waals surface area contributed by atoms with E-state index < -0.39 is 0 Å². The third-order valence-electron chi connectivity index (χ3n) is 6.34. The number of nitrogens with zero attached hydrogens (tertiary/aromatic N) is 4. The molecule has 0 N–H and O–H groups in total. The Labute approximate surface area is 182 Å². The predicted molar refractivity (Wildman–Crippen MR) is 121 cm³/mol. The number of para-hydroxylation sites is 1. The number of carbonyl (C=O) groups excluding carboxylic acids is 1. The highest BCUT2D eigenvalue weighted by Gasteiger charge is 2.27. The summed E-state index contributed by atoms with van der Waals surface area (Å²) >= 11 is 0. The van der Waals surface area contributed by atoms with Crippen molar-refractivity contribution in [1.82, 2.24) is 14.4 Å². The molecule has 4 rings (SSSR count). The topological polar surface area (TPSA) is 71.6 Å². The van der Waals surface area contributed by atoms with Crippen molar-refractivity contribution in [1.29, 1.82) is 0 Å². The average molecular weight is 421 g/mol. The third-order valence-corrected chi connectivity index (χ3v) is 6.34. The normalized spacial score (nSPS) is 15.9. The number of non-ortho nitro benzene ring substituents is 1. The van der Waals surface area contributed by atoms with Gasteiger partial charge in [-0.15, -0.1) is 0 Å². The molecule has 1 aromatic heterocycles. The molecule has 0 radical (unpaired) electrons. The van der Waals surface area contributed by atoms with Crippen LogP contribution in [0.4, 0.5) is 5.69 Å². The highest BCUT2D eigenvalue weighted by atomic mass is 16.6. The first-order valence-corrected chi connectivity index (χ1v) is 10.8. The highest BCUT2D eigenvalue weighted by molar-refractivity contribution is 5.86. The van der Waals surface area contributed by atoms with Crippen LogP contribution in [0.3, 0.4) is 0 Å². The smallest absolute Gasteiger partial charge is 0.269 e. The van der Waals surface area contributed by atoms with Crippen LogP contribution in [0.5, 0.6) is 0 Å². The number of benzene rings is 2. The van der Waals surface area contributed by atoms with Gasteiger partial charge in [0.1, 0.15) is 0 Å². The molecule has 7 nitrogen and oxygen atoms in total. The average Bonchev–Trinajstić information content (AvgIpc) is 3.14. The van der Waals surface area contributed by atoms with Gasteiger partial charge < -0.3 is 14.4 Å². The Morgan fingerprint density at radius 2 is 1.84 bits per heavy atom. The van der Waals surface area contributed by atoms with E-state index in [1.807, 2.05) is 30.1 Å². The molecule has 2 heterocycles. The van der Waals surface area contributed by atoms with E-state index >= 15 is 0 Å². The maximum absolute atomic E-state index is 13.3. The summed E-state index contributed by atoms with van der Waals surface area (Å²) < 4.78 is 2.06. The standard InChI is InChI=1S/C24H28N4O3/c1-3-26-11-13-27(14-12-26)24(29)16-21(18-7-6-8-19(15-18)28(30)31)22-17-25(2)23-10-5-4-9-20(22)23/h4-10,15,17,21H,3,11-14,16H2,1-2H3/t21-/m0/s1. The number of likely N-dealkylation sites (N-methyl/N-ethyl adjacent to an activating group) is 1. The summed E-state index contributed by atoms with van der Waals surface area (Å²) in [4.78, 5) is 28.6. The van der Waals surface area contributed by atoms with Gasteiger partial charge in [-0.3, -0.25) is 14.9 Å². The van der Waals surface area contributed by atoms with Crippen LogP contribution in [-0.2, 0) is 11.8 Å². The number of rotatable bonds is 6. The van der Waals surface area contributed by atoms with Crippen LogP contribution in [0.15, 0.2) is 54.7 Å². The molecular weight excluding hydrogens is 392 g/mol. The van der Waals surface area contributed by atoms with Crippen molar-refractivity contribution in [2.45, 2.75) is 19.3 Å². The lowest BCUT2D eigenvalue weighted by Gasteiger charge is -2.34. The molecule has 1 aliphatic rings. The minimum absolute atomic E-state index is 0.0479. The van der Waals surface area contributed by atoms with Gasteiger partial charge in [0.2, 0.25) is 5.91 Å². The monoisotopic (exact) mass is 420 g/mol. The molecule has 0 unspecified atom stereocenters. The summed E-state index contributed by atoms with van der Waals surface area (Å²) in [5.41, 5.74) is 2.95. The first-order chi connectivity index (χ1) is 15.0. The van der Waals surface area contributed by atoms with Gasteiger partial charge in [-0.05, 0) is 23.7 Å². The van der Waals surface area contributed by atoms with Crippen LogP contribution in [0.2, 0.25) is 0 Å². The molecule has 1 fully saturated rings. The number of aromatic nitrogens is 1. The number of hydrogen-bond donors (Lipinski definition) is 0. The number of amides is 1. The van der Waals surface area contributed by atoms with Crippen LogP contribution in [-0.4, -0.2) is 57.9 Å². The third kappa shape index (κ3) is 4.32. The van der Waals surface area contributed by atoms with Crippen LogP contribution in [0, 0.1) is 10.1 Å². The molecule has 1 atom stereocenters. The van der Waals surface area contributed by atoms with Crippen molar-refractivity contribution < 1.29 is 9.72 Å². The summed E-state index contributed by atoms with van der Waals surface area (Å²) in [5.74, 6) is -0.150. The number of nitro groups is 1. The van der Waals surface area contributed by atoms with Crippen molar-refractivity contribution in [3.63, 3.8) is 0 Å². The second kappa shape index (κ2) is 8.89. The predicted octanol–water partition coefficient (Wildman–Crippen LogP) is 3.77. The molecule has 0 aliphatic carbocycles. The van der Waals surface area contributed by atoms with E-state index in [4.69, 9.17) is 0 Å². The second-order valence-corrected chi connectivity index (χ2v) is 8.14. The fourth-order valence-electron chi connectivity index (χ4n) is 4.53. The van der Waals surface area contributed by atoms with Gasteiger partial charge in [-0.1, -0.05) is 37.3 Å². The summed E-state index contributed by atoms with van der Waals surface area (Å²) in [6.45, 7) is 6.36. The Balaban J connectivity index is 1.70. The summed E-state index contributed by atoms with van der Waals surface area (Å²) in [5, 5.41) is 12.5. The molecule has 0 saturated carbocycles. The number of carbonyl (C=O) groups is 1. The largest absolute Gasteiger partial charge is 0.350 e. The van der Waals surface area contributed by atoms with Crippen molar-refractivity contribution >= 4 is 22.5 Å². The zero-order valence-corrected chi connectivity index (χ0v) is 18.0. The van der Waals surface area contributed by atoms with Gasteiger partial charge in [0.05, 0.1) is 4.92 Å². The number of aryl methyl sites for hydroxylation is 1. The number of hydrogen-bond acceptors (Lipinski definition) is 4. The highest BCUT2D eigenvalue weighted by Crippen LogP contribution is 2.36. The quantitative estimate of drug-likeness (QED) is 0.450. The van der Waals surface area contributed by atoms with Crippen LogP contribution in [0.1, 0.15) is 30.4 Å². The van der Waals surface area contributed by atoms with E-state index in [0.717, 1.165) is 54.8 Å². The van der Waals surface area contributed by atoms with Crippen LogP contribution >= 0.6 is 0 Å². The maximum Gasteiger partial charge on any atom is 0.269 e. The minimum atomic E-state index is -0.380. The van der Waals surface area contributed by atoms with Gasteiger partial charge in [0.25, 0.3) is 5.69 Å². The molecule has 162 valence electrons. The molecule has 31 heavy (non-hydrogen) atoms. The van der Waals surface area contributed by atoms with E-state index in [1.54, 1.807) is 12.1 Å². The molecule has 7 heteroatoms. The number of nitro benzene ring substituents is 1. The molecule has 2 aromatic carbocycles. The zero-order valence-electron chi connectivity index (χ0n) is 18.0. The van der Waals surface area contributed by atoms with Crippen molar-refractivity contribution in [3.8, 4) is 0 Å². The number of fused-ring (bicyclic) bond motifs is 1. The molecule has 0 bridgehead atoms. The summed E-state index contributed by atoms with van der Waals surface area (Å²) in [6.07, 6.45) is 2.35.